The van der Waals surface area contributed by atoms with Crippen LogP contribution in [0.4, 0.5) is 5.69 Å². The van der Waals surface area contributed by atoms with Crippen molar-refractivity contribution in [2.45, 2.75) is 17.9 Å². The summed E-state index contributed by atoms with van der Waals surface area (Å²) in [6.07, 6.45) is 0.281. The first kappa shape index (κ1) is 23.4. The summed E-state index contributed by atoms with van der Waals surface area (Å²) in [5.74, 6) is -1.51. The Hall–Kier alpha value is -2.24. The number of hydrogen-bond acceptors (Lipinski definition) is 7. The highest BCUT2D eigenvalue weighted by Crippen LogP contribution is 2.27. The van der Waals surface area contributed by atoms with E-state index in [9.17, 15) is 18.0 Å². The molecular formula is C19H19Cl2N3O6S. The van der Waals surface area contributed by atoms with Crippen LogP contribution in [-0.4, -0.2) is 62.0 Å². The van der Waals surface area contributed by atoms with Crippen molar-refractivity contribution in [2.24, 2.45) is 0 Å². The summed E-state index contributed by atoms with van der Waals surface area (Å²) in [6, 6.07) is 6.89. The highest BCUT2D eigenvalue weighted by Gasteiger charge is 2.30. The lowest BCUT2D eigenvalue weighted by molar-refractivity contribution is -0.123. The first-order valence-electron chi connectivity index (χ1n) is 9.20. The van der Waals surface area contributed by atoms with Gasteiger partial charge in [-0.05, 0) is 37.3 Å². The summed E-state index contributed by atoms with van der Waals surface area (Å²) >= 11 is 12.0. The number of pyridine rings is 1. The first-order valence-corrected chi connectivity index (χ1v) is 11.4. The number of halogens is 2. The zero-order chi connectivity index (χ0) is 22.6. The highest BCUT2D eigenvalue weighted by molar-refractivity contribution is 7.89. The number of carbonyl (C=O) groups is 2. The van der Waals surface area contributed by atoms with Crippen LogP contribution in [-0.2, 0) is 24.3 Å². The Kier molecular flexibility index (Phi) is 7.50. The number of carbonyl (C=O) groups excluding carboxylic acids is 2. The molecule has 31 heavy (non-hydrogen) atoms. The predicted molar refractivity (Wildman–Crippen MR) is 114 cm³/mol. The third-order valence-corrected chi connectivity index (χ3v) is 7.11. The second-order valence-electron chi connectivity index (χ2n) is 6.54. The number of benzene rings is 1. The van der Waals surface area contributed by atoms with Crippen LogP contribution in [0.5, 0.6) is 0 Å². The van der Waals surface area contributed by atoms with Gasteiger partial charge in [-0.1, -0.05) is 23.2 Å². The summed E-state index contributed by atoms with van der Waals surface area (Å²) in [7, 11) is -3.93. The van der Waals surface area contributed by atoms with E-state index in [2.05, 4.69) is 10.3 Å². The van der Waals surface area contributed by atoms with Crippen molar-refractivity contribution < 1.29 is 27.5 Å². The van der Waals surface area contributed by atoms with Gasteiger partial charge in [0.15, 0.2) is 11.3 Å². The molecule has 1 fully saturated rings. The monoisotopic (exact) mass is 487 g/mol. The summed E-state index contributed by atoms with van der Waals surface area (Å²) < 4.78 is 37.4. The lowest BCUT2D eigenvalue weighted by Gasteiger charge is -2.26. The molecule has 12 heteroatoms. The number of nitrogens with one attached hydrogen (secondary N) is 1. The third kappa shape index (κ3) is 5.52. The number of sulfonamides is 1. The Morgan fingerprint density at radius 3 is 2.61 bits per heavy atom. The molecule has 2 heterocycles. The highest BCUT2D eigenvalue weighted by atomic mass is 35.5. The molecule has 1 aliphatic heterocycles. The Morgan fingerprint density at radius 2 is 1.94 bits per heavy atom. The van der Waals surface area contributed by atoms with Gasteiger partial charge in [0.25, 0.3) is 5.91 Å². The molecule has 0 aliphatic carbocycles. The average Bonchev–Trinajstić information content (AvgIpc) is 2.76. The molecule has 0 bridgehead atoms. The van der Waals surface area contributed by atoms with Crippen molar-refractivity contribution in [2.75, 3.05) is 31.6 Å². The Morgan fingerprint density at radius 1 is 1.23 bits per heavy atom. The van der Waals surface area contributed by atoms with Crippen molar-refractivity contribution in [3.05, 3.63) is 52.3 Å². The maximum absolute atomic E-state index is 12.9. The standard InChI is InChI=1S/C19H19Cl2N3O6S/c1-12(18(25)23-15-3-2-6-22-17(15)21)30-19(26)13-4-5-14(20)16(11-13)31(27,28)24-7-9-29-10-8-24/h2-6,11-12H,7-10H2,1H3,(H,23,25)/t12-/m0/s1. The smallest absolute Gasteiger partial charge is 0.338 e. The topological polar surface area (TPSA) is 115 Å². The van der Waals surface area contributed by atoms with Crippen LogP contribution >= 0.6 is 23.2 Å². The van der Waals surface area contributed by atoms with Crippen molar-refractivity contribution in [1.82, 2.24) is 9.29 Å². The van der Waals surface area contributed by atoms with Crippen LogP contribution in [0.15, 0.2) is 41.4 Å². The fourth-order valence-electron chi connectivity index (χ4n) is 2.75. The van der Waals surface area contributed by atoms with Gasteiger partial charge >= 0.3 is 5.97 Å². The number of ether oxygens (including phenoxy) is 2. The third-order valence-electron chi connectivity index (χ3n) is 4.42. The van der Waals surface area contributed by atoms with E-state index in [-0.39, 0.29) is 52.6 Å². The van der Waals surface area contributed by atoms with Crippen LogP contribution in [0.3, 0.4) is 0 Å². The molecule has 2 aromatic rings. The van der Waals surface area contributed by atoms with Gasteiger partial charge in [-0.3, -0.25) is 4.79 Å². The zero-order valence-electron chi connectivity index (χ0n) is 16.4. The summed E-state index contributed by atoms with van der Waals surface area (Å²) in [5.41, 5.74) is 0.206. The molecule has 1 amide bonds. The van der Waals surface area contributed by atoms with Gasteiger partial charge in [0.1, 0.15) is 4.90 Å². The van der Waals surface area contributed by atoms with Gasteiger partial charge in [-0.25, -0.2) is 18.2 Å². The van der Waals surface area contributed by atoms with E-state index in [4.69, 9.17) is 32.7 Å². The minimum atomic E-state index is -3.93. The summed E-state index contributed by atoms with van der Waals surface area (Å²) in [6.45, 7) is 2.28. The molecule has 3 rings (SSSR count). The average molecular weight is 488 g/mol. The molecule has 1 aliphatic rings. The zero-order valence-corrected chi connectivity index (χ0v) is 18.7. The number of hydrogen-bond donors (Lipinski definition) is 1. The number of amides is 1. The number of aromatic nitrogens is 1. The molecular weight excluding hydrogens is 469 g/mol. The maximum atomic E-state index is 12.9. The Bertz CT molecular complexity index is 1090. The lowest BCUT2D eigenvalue weighted by atomic mass is 10.2. The quantitative estimate of drug-likeness (QED) is 0.491. The van der Waals surface area contributed by atoms with E-state index in [1.54, 1.807) is 12.1 Å². The second-order valence-corrected chi connectivity index (χ2v) is 9.21. The molecule has 1 N–H and O–H groups in total. The van der Waals surface area contributed by atoms with Gasteiger partial charge < -0.3 is 14.8 Å². The van der Waals surface area contributed by atoms with Crippen LogP contribution in [0.2, 0.25) is 10.2 Å². The Balaban J connectivity index is 1.74. The summed E-state index contributed by atoms with van der Waals surface area (Å²) in [4.78, 5) is 28.5. The maximum Gasteiger partial charge on any atom is 0.338 e. The minimum absolute atomic E-state index is 0.0277. The molecule has 1 atom stereocenters. The molecule has 0 spiro atoms. The van der Waals surface area contributed by atoms with Crippen molar-refractivity contribution >= 4 is 50.8 Å². The fraction of sp³-hybridized carbons (Fsp3) is 0.316. The fourth-order valence-corrected chi connectivity index (χ4v) is 4.82. The normalized spacial score (nSPS) is 15.8. The molecule has 166 valence electrons. The van der Waals surface area contributed by atoms with E-state index in [1.807, 2.05) is 0 Å². The number of esters is 1. The molecule has 9 nitrogen and oxygen atoms in total. The van der Waals surface area contributed by atoms with Crippen molar-refractivity contribution in [3.8, 4) is 0 Å². The molecule has 1 saturated heterocycles. The summed E-state index contributed by atoms with van der Waals surface area (Å²) in [5, 5.41) is 2.57. The lowest BCUT2D eigenvalue weighted by Crippen LogP contribution is -2.40. The molecule has 1 aromatic heterocycles. The molecule has 1 aromatic carbocycles. The van der Waals surface area contributed by atoms with E-state index in [1.165, 1.54) is 29.6 Å². The second kappa shape index (κ2) is 9.92. The SMILES string of the molecule is C[C@H](OC(=O)c1ccc(Cl)c(S(=O)(=O)N2CCOCC2)c1)C(=O)Nc1cccnc1Cl. The van der Waals surface area contributed by atoms with Crippen LogP contribution in [0, 0.1) is 0 Å². The molecule has 0 unspecified atom stereocenters. The van der Waals surface area contributed by atoms with Crippen LogP contribution in [0.1, 0.15) is 17.3 Å². The number of anilines is 1. The number of nitrogens with zero attached hydrogens (tertiary/aromatic N) is 2. The van der Waals surface area contributed by atoms with Gasteiger partial charge in [0, 0.05) is 19.3 Å². The predicted octanol–water partition coefficient (Wildman–Crippen LogP) is 2.59. The first-order chi connectivity index (χ1) is 14.7. The van der Waals surface area contributed by atoms with Gasteiger partial charge in [-0.2, -0.15) is 4.31 Å². The van der Waals surface area contributed by atoms with E-state index in [0.29, 0.717) is 0 Å². The van der Waals surface area contributed by atoms with Crippen molar-refractivity contribution in [3.63, 3.8) is 0 Å². The van der Waals surface area contributed by atoms with E-state index >= 15 is 0 Å². The van der Waals surface area contributed by atoms with Gasteiger partial charge in [0.2, 0.25) is 10.0 Å². The van der Waals surface area contributed by atoms with E-state index in [0.717, 1.165) is 6.07 Å². The van der Waals surface area contributed by atoms with Gasteiger partial charge in [-0.15, -0.1) is 0 Å². The van der Waals surface area contributed by atoms with Crippen molar-refractivity contribution in [1.29, 1.82) is 0 Å². The minimum Gasteiger partial charge on any atom is -0.449 e. The number of morpholine rings is 1. The largest absolute Gasteiger partial charge is 0.449 e. The van der Waals surface area contributed by atoms with Gasteiger partial charge in [0.05, 0.1) is 29.5 Å². The molecule has 0 radical (unpaired) electrons. The van der Waals surface area contributed by atoms with Crippen LogP contribution < -0.4 is 5.32 Å². The van der Waals surface area contributed by atoms with Crippen LogP contribution in [0.25, 0.3) is 0 Å². The van der Waals surface area contributed by atoms with E-state index < -0.39 is 28.0 Å². The molecule has 0 saturated carbocycles. The Labute approximate surface area is 189 Å². The number of rotatable bonds is 6.